The highest BCUT2D eigenvalue weighted by Gasteiger charge is 1.90. The van der Waals surface area contributed by atoms with Crippen LogP contribution in [0.2, 0.25) is 0 Å². The van der Waals surface area contributed by atoms with E-state index < -0.39 is 0 Å². The van der Waals surface area contributed by atoms with Crippen LogP contribution in [0.1, 0.15) is 5.56 Å². The van der Waals surface area contributed by atoms with Crippen LogP contribution in [0.15, 0.2) is 24.4 Å². The minimum Gasteiger partial charge on any atom is -0.481 e. The number of carbonyl (C=O) groups excluding carboxylic acids is 1. The van der Waals surface area contributed by atoms with E-state index in [0.717, 1.165) is 11.8 Å². The number of hydrogen-bond acceptors (Lipinski definition) is 3. The van der Waals surface area contributed by atoms with Crippen molar-refractivity contribution in [2.24, 2.45) is 0 Å². The number of aromatic nitrogens is 1. The zero-order chi connectivity index (χ0) is 8.81. The predicted octanol–water partition coefficient (Wildman–Crippen LogP) is 1.30. The third kappa shape index (κ3) is 2.20. The topological polar surface area (TPSA) is 39.2 Å². The number of methoxy groups -OCH3 is 1. The molecule has 1 heterocycles. The molecule has 0 unspecified atom stereocenters. The smallest absolute Gasteiger partial charge is 0.212 e. The van der Waals surface area contributed by atoms with Gasteiger partial charge in [-0.3, -0.25) is 4.79 Å². The van der Waals surface area contributed by atoms with Crippen molar-refractivity contribution in [1.82, 2.24) is 4.98 Å². The van der Waals surface area contributed by atoms with Crippen LogP contribution in [-0.2, 0) is 4.79 Å². The summed E-state index contributed by atoms with van der Waals surface area (Å²) in [6.07, 6.45) is 5.46. The maximum absolute atomic E-state index is 9.97. The van der Waals surface area contributed by atoms with E-state index in [2.05, 4.69) is 4.98 Å². The first-order chi connectivity index (χ1) is 5.86. The summed E-state index contributed by atoms with van der Waals surface area (Å²) in [5, 5.41) is 0. The van der Waals surface area contributed by atoms with Crippen LogP contribution < -0.4 is 4.74 Å². The van der Waals surface area contributed by atoms with Gasteiger partial charge >= 0.3 is 0 Å². The van der Waals surface area contributed by atoms with Gasteiger partial charge in [0.15, 0.2) is 0 Å². The minimum absolute atomic E-state index is 0.568. The Labute approximate surface area is 70.7 Å². The molecule has 0 fully saturated rings. The fourth-order valence-electron chi connectivity index (χ4n) is 0.761. The number of pyridine rings is 1. The van der Waals surface area contributed by atoms with Crippen LogP contribution >= 0.6 is 0 Å². The quantitative estimate of drug-likeness (QED) is 0.498. The Bertz CT molecular complexity index is 277. The number of hydrogen-bond donors (Lipinski definition) is 0. The van der Waals surface area contributed by atoms with E-state index in [1.165, 1.54) is 6.08 Å². The lowest BCUT2D eigenvalue weighted by atomic mass is 10.2. The molecule has 0 aliphatic heterocycles. The van der Waals surface area contributed by atoms with Crippen molar-refractivity contribution in [3.63, 3.8) is 0 Å². The zero-order valence-corrected chi connectivity index (χ0v) is 6.73. The van der Waals surface area contributed by atoms with Crippen molar-refractivity contribution < 1.29 is 9.53 Å². The number of aldehydes is 1. The molecule has 0 aliphatic rings. The highest BCUT2D eigenvalue weighted by atomic mass is 16.5. The van der Waals surface area contributed by atoms with Crippen molar-refractivity contribution in [3.8, 4) is 5.88 Å². The summed E-state index contributed by atoms with van der Waals surface area (Å²) < 4.78 is 4.87. The Hall–Kier alpha value is -1.64. The van der Waals surface area contributed by atoms with Gasteiger partial charge in [0.25, 0.3) is 0 Å². The van der Waals surface area contributed by atoms with Gasteiger partial charge in [-0.1, -0.05) is 6.08 Å². The third-order valence-corrected chi connectivity index (χ3v) is 1.34. The van der Waals surface area contributed by atoms with Gasteiger partial charge in [0.1, 0.15) is 6.29 Å². The molecule has 0 N–H and O–H groups in total. The molecule has 1 aromatic heterocycles. The lowest BCUT2D eigenvalue weighted by molar-refractivity contribution is -0.104. The standard InChI is InChI=1S/C9H9NO2/c1-12-9-5-4-8(7-10-9)3-2-6-11/h2-7H,1H3. The normalized spacial score (nSPS) is 10.1. The van der Waals surface area contributed by atoms with Crippen LogP contribution in [0.3, 0.4) is 0 Å². The molecule has 0 atom stereocenters. The van der Waals surface area contributed by atoms with E-state index in [9.17, 15) is 4.79 Å². The molecule has 0 saturated carbocycles. The summed E-state index contributed by atoms with van der Waals surface area (Å²) in [5.74, 6) is 0.568. The first kappa shape index (κ1) is 8.46. The summed E-state index contributed by atoms with van der Waals surface area (Å²) in [6, 6.07) is 3.57. The summed E-state index contributed by atoms with van der Waals surface area (Å²) in [6.45, 7) is 0. The van der Waals surface area contributed by atoms with E-state index in [-0.39, 0.29) is 0 Å². The minimum atomic E-state index is 0.568. The Kier molecular flexibility index (Phi) is 3.02. The molecule has 1 aromatic rings. The highest BCUT2D eigenvalue weighted by Crippen LogP contribution is 2.07. The summed E-state index contributed by atoms with van der Waals surface area (Å²) in [4.78, 5) is 13.9. The molecule has 1 rings (SSSR count). The van der Waals surface area contributed by atoms with E-state index in [1.54, 1.807) is 25.4 Å². The third-order valence-electron chi connectivity index (χ3n) is 1.34. The van der Waals surface area contributed by atoms with Crippen molar-refractivity contribution in [1.29, 1.82) is 0 Å². The molecule has 0 amide bonds. The maximum Gasteiger partial charge on any atom is 0.212 e. The number of carbonyl (C=O) groups is 1. The highest BCUT2D eigenvalue weighted by molar-refractivity contribution is 5.73. The molecule has 0 radical (unpaired) electrons. The summed E-state index contributed by atoms with van der Waals surface area (Å²) in [5.41, 5.74) is 0.878. The molecular formula is C9H9NO2. The van der Waals surface area contributed by atoms with Gasteiger partial charge in [0.2, 0.25) is 5.88 Å². The van der Waals surface area contributed by atoms with Crippen molar-refractivity contribution >= 4 is 12.4 Å². The summed E-state index contributed by atoms with van der Waals surface area (Å²) >= 11 is 0. The number of allylic oxidation sites excluding steroid dienone is 1. The fraction of sp³-hybridized carbons (Fsp3) is 0.111. The second kappa shape index (κ2) is 4.28. The molecule has 0 aromatic carbocycles. The monoisotopic (exact) mass is 163 g/mol. The van der Waals surface area contributed by atoms with Crippen LogP contribution in [0.25, 0.3) is 6.08 Å². The van der Waals surface area contributed by atoms with Crippen LogP contribution in [0, 0.1) is 0 Å². The van der Waals surface area contributed by atoms with Crippen molar-refractivity contribution in [3.05, 3.63) is 30.0 Å². The Morgan fingerprint density at radius 3 is 2.83 bits per heavy atom. The van der Waals surface area contributed by atoms with Crippen LogP contribution in [0.5, 0.6) is 5.88 Å². The van der Waals surface area contributed by atoms with Gasteiger partial charge in [-0.15, -0.1) is 0 Å². The second-order valence-electron chi connectivity index (χ2n) is 2.13. The van der Waals surface area contributed by atoms with Crippen molar-refractivity contribution in [2.75, 3.05) is 7.11 Å². The van der Waals surface area contributed by atoms with E-state index in [4.69, 9.17) is 4.74 Å². The average Bonchev–Trinajstić information content (AvgIpc) is 2.15. The largest absolute Gasteiger partial charge is 0.481 e. The van der Waals surface area contributed by atoms with Gasteiger partial charge in [-0.05, 0) is 17.7 Å². The van der Waals surface area contributed by atoms with Gasteiger partial charge < -0.3 is 4.74 Å². The SMILES string of the molecule is COc1ccc(C=CC=O)cn1. The first-order valence-electron chi connectivity index (χ1n) is 3.48. The van der Waals surface area contributed by atoms with E-state index >= 15 is 0 Å². The van der Waals surface area contributed by atoms with Gasteiger partial charge in [0.05, 0.1) is 7.11 Å². The number of nitrogens with zero attached hydrogens (tertiary/aromatic N) is 1. The maximum atomic E-state index is 9.97. The Morgan fingerprint density at radius 2 is 2.33 bits per heavy atom. The lowest BCUT2D eigenvalue weighted by Gasteiger charge is -1.96. The number of rotatable bonds is 3. The molecule has 3 heteroatoms. The molecule has 3 nitrogen and oxygen atoms in total. The second-order valence-corrected chi connectivity index (χ2v) is 2.13. The van der Waals surface area contributed by atoms with Crippen LogP contribution in [0.4, 0.5) is 0 Å². The Morgan fingerprint density at radius 1 is 1.50 bits per heavy atom. The Balaban J connectivity index is 2.77. The lowest BCUT2D eigenvalue weighted by Crippen LogP contribution is -1.86. The first-order valence-corrected chi connectivity index (χ1v) is 3.48. The molecule has 0 spiro atoms. The van der Waals surface area contributed by atoms with E-state index in [0.29, 0.717) is 5.88 Å². The molecule has 0 aliphatic carbocycles. The number of ether oxygens (including phenoxy) is 1. The average molecular weight is 163 g/mol. The van der Waals surface area contributed by atoms with Gasteiger partial charge in [-0.25, -0.2) is 4.98 Å². The fourth-order valence-corrected chi connectivity index (χ4v) is 0.761. The molecular weight excluding hydrogens is 154 g/mol. The van der Waals surface area contributed by atoms with Gasteiger partial charge in [0, 0.05) is 12.3 Å². The van der Waals surface area contributed by atoms with Gasteiger partial charge in [-0.2, -0.15) is 0 Å². The predicted molar refractivity (Wildman–Crippen MR) is 45.9 cm³/mol. The summed E-state index contributed by atoms with van der Waals surface area (Å²) in [7, 11) is 1.56. The molecule has 0 saturated heterocycles. The van der Waals surface area contributed by atoms with E-state index in [1.807, 2.05) is 6.07 Å². The molecule has 0 bridgehead atoms. The zero-order valence-electron chi connectivity index (χ0n) is 6.73. The molecule has 62 valence electrons. The molecule has 12 heavy (non-hydrogen) atoms. The van der Waals surface area contributed by atoms with Crippen LogP contribution in [-0.4, -0.2) is 18.4 Å². The van der Waals surface area contributed by atoms with Crippen molar-refractivity contribution in [2.45, 2.75) is 0 Å².